The van der Waals surface area contributed by atoms with Gasteiger partial charge in [0.15, 0.2) is 0 Å². The molecule has 0 amide bonds. The van der Waals surface area contributed by atoms with Crippen molar-refractivity contribution in [1.29, 1.82) is 0 Å². The second kappa shape index (κ2) is 6.19. The summed E-state index contributed by atoms with van der Waals surface area (Å²) in [4.78, 5) is 11.2. The van der Waals surface area contributed by atoms with Gasteiger partial charge in [-0.1, -0.05) is 0 Å². The number of likely N-dealkylation sites (tertiary alicyclic amines) is 1. The van der Waals surface area contributed by atoms with E-state index in [2.05, 4.69) is 61.1 Å². The van der Waals surface area contributed by atoms with Gasteiger partial charge in [-0.15, -0.1) is 0 Å². The molecule has 0 aromatic carbocycles. The van der Waals surface area contributed by atoms with E-state index in [0.717, 1.165) is 24.2 Å². The van der Waals surface area contributed by atoms with Crippen LogP contribution in [0.25, 0.3) is 0 Å². The second-order valence-corrected chi connectivity index (χ2v) is 11.1. The fraction of sp³-hybridized carbons (Fsp3) is 1.00. The first-order valence-corrected chi connectivity index (χ1v) is 10.6. The van der Waals surface area contributed by atoms with Crippen molar-refractivity contribution in [3.63, 3.8) is 0 Å². The zero-order chi connectivity index (χ0) is 18.0. The summed E-state index contributed by atoms with van der Waals surface area (Å²) in [5.74, 6) is 0. The van der Waals surface area contributed by atoms with Gasteiger partial charge in [0.1, 0.15) is 0 Å². The molecule has 0 aromatic rings. The molecule has 4 atom stereocenters. The Bertz CT molecular complexity index is 477. The highest BCUT2D eigenvalue weighted by molar-refractivity contribution is 5.02. The summed E-state index contributed by atoms with van der Waals surface area (Å²) in [6.07, 6.45) is 5.62. The van der Waals surface area contributed by atoms with Crippen LogP contribution in [0.4, 0.5) is 0 Å². The molecule has 5 aliphatic rings. The largest absolute Gasteiger partial charge is 0.293 e. The molecule has 25 heavy (non-hydrogen) atoms. The molecule has 0 aromatic heterocycles. The maximum absolute atomic E-state index is 2.83. The van der Waals surface area contributed by atoms with Crippen LogP contribution in [0.1, 0.15) is 67.2 Å². The average molecular weight is 349 g/mol. The van der Waals surface area contributed by atoms with Crippen LogP contribution in [-0.4, -0.2) is 87.7 Å². The number of piperidine rings is 2. The van der Waals surface area contributed by atoms with E-state index in [1.54, 1.807) is 0 Å². The standard InChI is InChI=1S/C21H40N4/c1-20(2,3)24-14-16-7-8-17(24)13-23(16)15-22-11-18-9-10-19(12-22)25(18)21(4,5)6/h16-19H,7-15H2,1-6H3. The monoisotopic (exact) mass is 348 g/mol. The van der Waals surface area contributed by atoms with Crippen molar-refractivity contribution < 1.29 is 0 Å². The van der Waals surface area contributed by atoms with Crippen molar-refractivity contribution in [2.24, 2.45) is 0 Å². The Balaban J connectivity index is 1.38. The summed E-state index contributed by atoms with van der Waals surface area (Å²) in [6.45, 7) is 20.7. The Kier molecular flexibility index (Phi) is 4.51. The maximum atomic E-state index is 2.83. The average Bonchev–Trinajstić information content (AvgIpc) is 2.79. The smallest absolute Gasteiger partial charge is 0.0511 e. The van der Waals surface area contributed by atoms with Crippen LogP contribution in [0.3, 0.4) is 0 Å². The van der Waals surface area contributed by atoms with Gasteiger partial charge >= 0.3 is 0 Å². The van der Waals surface area contributed by atoms with Gasteiger partial charge in [-0.2, -0.15) is 0 Å². The molecule has 4 bridgehead atoms. The Morgan fingerprint density at radius 3 is 1.68 bits per heavy atom. The minimum Gasteiger partial charge on any atom is -0.293 e. The summed E-state index contributed by atoms with van der Waals surface area (Å²) in [5, 5.41) is 0. The van der Waals surface area contributed by atoms with Gasteiger partial charge in [0, 0.05) is 61.4 Å². The number of fused-ring (bicyclic) bond motifs is 5. The maximum Gasteiger partial charge on any atom is 0.0511 e. The molecule has 4 heteroatoms. The van der Waals surface area contributed by atoms with E-state index in [0.29, 0.717) is 11.1 Å². The molecule has 5 heterocycles. The van der Waals surface area contributed by atoms with Crippen LogP contribution in [0, 0.1) is 0 Å². The molecule has 5 fully saturated rings. The zero-order valence-electron chi connectivity index (χ0n) is 17.5. The van der Waals surface area contributed by atoms with E-state index in [-0.39, 0.29) is 0 Å². The molecule has 0 radical (unpaired) electrons. The Morgan fingerprint density at radius 1 is 0.640 bits per heavy atom. The molecule has 0 saturated carbocycles. The first-order valence-electron chi connectivity index (χ1n) is 10.6. The second-order valence-electron chi connectivity index (χ2n) is 11.1. The van der Waals surface area contributed by atoms with E-state index in [1.807, 2.05) is 0 Å². The highest BCUT2D eigenvalue weighted by Crippen LogP contribution is 2.37. The van der Waals surface area contributed by atoms with Gasteiger partial charge in [-0.25, -0.2) is 0 Å². The van der Waals surface area contributed by atoms with Crippen LogP contribution in [-0.2, 0) is 0 Å². The Morgan fingerprint density at radius 2 is 1.20 bits per heavy atom. The summed E-state index contributed by atoms with van der Waals surface area (Å²) in [7, 11) is 0. The topological polar surface area (TPSA) is 13.0 Å². The van der Waals surface area contributed by atoms with Crippen molar-refractivity contribution >= 4 is 0 Å². The molecule has 144 valence electrons. The van der Waals surface area contributed by atoms with Crippen LogP contribution in [0.5, 0.6) is 0 Å². The molecule has 5 rings (SSSR count). The quantitative estimate of drug-likeness (QED) is 0.761. The van der Waals surface area contributed by atoms with Crippen molar-refractivity contribution in [2.75, 3.05) is 32.8 Å². The van der Waals surface area contributed by atoms with Gasteiger partial charge in [-0.05, 0) is 67.2 Å². The zero-order valence-corrected chi connectivity index (χ0v) is 17.5. The molecule has 0 spiro atoms. The number of hydrogen-bond donors (Lipinski definition) is 0. The molecule has 5 saturated heterocycles. The van der Waals surface area contributed by atoms with Gasteiger partial charge < -0.3 is 0 Å². The lowest BCUT2D eigenvalue weighted by Gasteiger charge is -2.57. The van der Waals surface area contributed by atoms with Crippen LogP contribution in [0.2, 0.25) is 0 Å². The predicted molar refractivity (Wildman–Crippen MR) is 105 cm³/mol. The predicted octanol–water partition coefficient (Wildman–Crippen LogP) is 2.84. The van der Waals surface area contributed by atoms with Gasteiger partial charge in [0.05, 0.1) is 6.67 Å². The molecule has 4 unspecified atom stereocenters. The molecular formula is C21H40N4. The number of nitrogens with zero attached hydrogens (tertiary/aromatic N) is 4. The third kappa shape index (κ3) is 3.40. The molecule has 5 aliphatic heterocycles. The minimum absolute atomic E-state index is 0.326. The minimum atomic E-state index is 0.326. The van der Waals surface area contributed by atoms with Crippen LogP contribution < -0.4 is 0 Å². The van der Waals surface area contributed by atoms with Gasteiger partial charge in [0.2, 0.25) is 0 Å². The third-order valence-corrected chi connectivity index (χ3v) is 7.22. The SMILES string of the molecule is CC(C)(C)N1CC2CCC1CN2CN1CC2CCC(C1)N2C(C)(C)C. The molecular weight excluding hydrogens is 308 g/mol. The van der Waals surface area contributed by atoms with Crippen molar-refractivity contribution in [1.82, 2.24) is 19.6 Å². The lowest BCUT2D eigenvalue weighted by atomic mass is 9.87. The number of piperazine rings is 2. The summed E-state index contributed by atoms with van der Waals surface area (Å²) >= 11 is 0. The highest BCUT2D eigenvalue weighted by atomic mass is 15.4. The van der Waals surface area contributed by atoms with Gasteiger partial charge in [-0.3, -0.25) is 19.6 Å². The molecule has 0 aliphatic carbocycles. The summed E-state index contributed by atoms with van der Waals surface area (Å²) in [5.41, 5.74) is 0.655. The number of rotatable bonds is 2. The molecule has 4 nitrogen and oxygen atoms in total. The normalized spacial score (nSPS) is 38.6. The van der Waals surface area contributed by atoms with E-state index in [4.69, 9.17) is 0 Å². The van der Waals surface area contributed by atoms with Crippen LogP contribution in [0.15, 0.2) is 0 Å². The van der Waals surface area contributed by atoms with Crippen molar-refractivity contribution in [3.8, 4) is 0 Å². The van der Waals surface area contributed by atoms with E-state index >= 15 is 0 Å². The summed E-state index contributed by atoms with van der Waals surface area (Å²) < 4.78 is 0. The van der Waals surface area contributed by atoms with E-state index in [9.17, 15) is 0 Å². The van der Waals surface area contributed by atoms with Crippen molar-refractivity contribution in [2.45, 2.75) is 102 Å². The Hall–Kier alpha value is -0.160. The van der Waals surface area contributed by atoms with E-state index in [1.165, 1.54) is 58.5 Å². The first-order chi connectivity index (χ1) is 11.6. The lowest BCUT2D eigenvalue weighted by molar-refractivity contribution is -0.0922. The summed E-state index contributed by atoms with van der Waals surface area (Å²) in [6, 6.07) is 3.12. The fourth-order valence-electron chi connectivity index (χ4n) is 6.37. The highest BCUT2D eigenvalue weighted by Gasteiger charge is 2.47. The van der Waals surface area contributed by atoms with Gasteiger partial charge in [0.25, 0.3) is 0 Å². The Labute approximate surface area is 155 Å². The van der Waals surface area contributed by atoms with E-state index < -0.39 is 0 Å². The molecule has 0 N–H and O–H groups in total. The third-order valence-electron chi connectivity index (χ3n) is 7.22. The lowest BCUT2D eigenvalue weighted by Crippen LogP contribution is -2.69. The number of hydrogen-bond acceptors (Lipinski definition) is 4. The van der Waals surface area contributed by atoms with Crippen molar-refractivity contribution in [3.05, 3.63) is 0 Å². The first kappa shape index (κ1) is 18.2. The fourth-order valence-corrected chi connectivity index (χ4v) is 6.37. The van der Waals surface area contributed by atoms with Crippen LogP contribution >= 0.6 is 0 Å².